The van der Waals surface area contributed by atoms with Gasteiger partial charge in [0.1, 0.15) is 17.5 Å². The molecular formula is C21H26ClN5O. The molecule has 2 aromatic rings. The van der Waals surface area contributed by atoms with Crippen LogP contribution in [0.3, 0.4) is 0 Å². The van der Waals surface area contributed by atoms with E-state index in [1.807, 2.05) is 24.0 Å². The minimum atomic E-state index is 0.0371. The van der Waals surface area contributed by atoms with Crippen LogP contribution in [-0.4, -0.2) is 60.0 Å². The van der Waals surface area contributed by atoms with Gasteiger partial charge in [0.2, 0.25) is 0 Å². The molecule has 0 spiro atoms. The van der Waals surface area contributed by atoms with Crippen molar-refractivity contribution in [3.8, 4) is 0 Å². The maximum absolute atomic E-state index is 12.7. The number of piperidine rings is 1. The second kappa shape index (κ2) is 8.35. The molecule has 0 aliphatic carbocycles. The van der Waals surface area contributed by atoms with Crippen LogP contribution in [0.4, 0.5) is 11.6 Å². The van der Waals surface area contributed by atoms with Gasteiger partial charge < -0.3 is 14.7 Å². The molecule has 6 nitrogen and oxygen atoms in total. The van der Waals surface area contributed by atoms with Gasteiger partial charge in [-0.15, -0.1) is 0 Å². The molecule has 2 saturated heterocycles. The van der Waals surface area contributed by atoms with Gasteiger partial charge in [0.05, 0.1) is 0 Å². The van der Waals surface area contributed by atoms with Crippen LogP contribution in [-0.2, 0) is 0 Å². The largest absolute Gasteiger partial charge is 0.356 e. The number of nitrogens with zero attached hydrogens (tertiary/aromatic N) is 5. The normalized spacial score (nSPS) is 17.7. The van der Waals surface area contributed by atoms with E-state index in [1.165, 1.54) is 19.3 Å². The number of aryl methyl sites for hydroxylation is 1. The molecule has 3 heterocycles. The third-order valence-electron chi connectivity index (χ3n) is 5.45. The molecule has 0 atom stereocenters. The summed E-state index contributed by atoms with van der Waals surface area (Å²) in [5.41, 5.74) is 0.645. The second-order valence-corrected chi connectivity index (χ2v) is 7.91. The van der Waals surface area contributed by atoms with Gasteiger partial charge in [-0.1, -0.05) is 17.7 Å². The van der Waals surface area contributed by atoms with E-state index < -0.39 is 0 Å². The van der Waals surface area contributed by atoms with Crippen LogP contribution in [0.1, 0.15) is 35.4 Å². The summed E-state index contributed by atoms with van der Waals surface area (Å²) >= 11 is 6.03. The number of hydrogen-bond donors (Lipinski definition) is 0. The Morgan fingerprint density at radius 3 is 2.18 bits per heavy atom. The van der Waals surface area contributed by atoms with Crippen molar-refractivity contribution >= 4 is 29.1 Å². The molecule has 1 aromatic carbocycles. The van der Waals surface area contributed by atoms with E-state index in [2.05, 4.69) is 25.8 Å². The van der Waals surface area contributed by atoms with Gasteiger partial charge >= 0.3 is 0 Å². The average Bonchev–Trinajstić information content (AvgIpc) is 2.73. The number of hydrogen-bond acceptors (Lipinski definition) is 5. The molecule has 28 heavy (non-hydrogen) atoms. The molecule has 0 N–H and O–H groups in total. The fraction of sp³-hybridized carbons (Fsp3) is 0.476. The molecule has 1 aromatic heterocycles. The molecule has 2 aliphatic rings. The van der Waals surface area contributed by atoms with Gasteiger partial charge in [0.25, 0.3) is 5.91 Å². The van der Waals surface area contributed by atoms with E-state index in [4.69, 9.17) is 11.6 Å². The van der Waals surface area contributed by atoms with E-state index in [1.54, 1.807) is 12.1 Å². The topological polar surface area (TPSA) is 52.6 Å². The number of piperazine rings is 1. The SMILES string of the molecule is Cc1nc(N2CCCCC2)cc(N2CCN(C(=O)c3cccc(Cl)c3)CC2)n1. The van der Waals surface area contributed by atoms with Gasteiger partial charge in [-0.3, -0.25) is 4.79 Å². The molecule has 0 radical (unpaired) electrons. The number of carbonyl (C=O) groups is 1. The minimum Gasteiger partial charge on any atom is -0.356 e. The first-order valence-corrected chi connectivity index (χ1v) is 10.4. The Morgan fingerprint density at radius 2 is 1.54 bits per heavy atom. The van der Waals surface area contributed by atoms with Crippen molar-refractivity contribution in [3.05, 3.63) is 46.7 Å². The summed E-state index contributed by atoms with van der Waals surface area (Å²) < 4.78 is 0. The lowest BCUT2D eigenvalue weighted by Crippen LogP contribution is -2.49. The number of benzene rings is 1. The smallest absolute Gasteiger partial charge is 0.254 e. The zero-order chi connectivity index (χ0) is 19.5. The number of amides is 1. The van der Waals surface area contributed by atoms with Crippen LogP contribution >= 0.6 is 11.6 Å². The van der Waals surface area contributed by atoms with Crippen LogP contribution in [0.15, 0.2) is 30.3 Å². The lowest BCUT2D eigenvalue weighted by molar-refractivity contribution is 0.0746. The van der Waals surface area contributed by atoms with Crippen molar-refractivity contribution in [2.45, 2.75) is 26.2 Å². The monoisotopic (exact) mass is 399 g/mol. The Labute approximate surface area is 171 Å². The average molecular weight is 400 g/mol. The van der Waals surface area contributed by atoms with Crippen LogP contribution < -0.4 is 9.80 Å². The Balaban J connectivity index is 1.43. The Kier molecular flexibility index (Phi) is 5.67. The van der Waals surface area contributed by atoms with Crippen molar-refractivity contribution < 1.29 is 4.79 Å². The van der Waals surface area contributed by atoms with Crippen LogP contribution in [0.5, 0.6) is 0 Å². The molecule has 2 aliphatic heterocycles. The first-order chi connectivity index (χ1) is 13.6. The van der Waals surface area contributed by atoms with Crippen molar-refractivity contribution in [2.24, 2.45) is 0 Å². The van der Waals surface area contributed by atoms with Crippen LogP contribution in [0.2, 0.25) is 5.02 Å². The summed E-state index contributed by atoms with van der Waals surface area (Å²) in [5.74, 6) is 2.83. The lowest BCUT2D eigenvalue weighted by Gasteiger charge is -2.36. The third-order valence-corrected chi connectivity index (χ3v) is 5.69. The van der Waals surface area contributed by atoms with Gasteiger partial charge in [0.15, 0.2) is 0 Å². The van der Waals surface area contributed by atoms with E-state index in [0.29, 0.717) is 23.7 Å². The van der Waals surface area contributed by atoms with Crippen LogP contribution in [0, 0.1) is 6.92 Å². The molecule has 0 saturated carbocycles. The first kappa shape index (κ1) is 19.0. The zero-order valence-electron chi connectivity index (χ0n) is 16.3. The lowest BCUT2D eigenvalue weighted by atomic mass is 10.1. The predicted molar refractivity (Wildman–Crippen MR) is 112 cm³/mol. The third kappa shape index (κ3) is 4.22. The van der Waals surface area contributed by atoms with Gasteiger partial charge in [-0.05, 0) is 44.4 Å². The zero-order valence-corrected chi connectivity index (χ0v) is 17.0. The number of aromatic nitrogens is 2. The quantitative estimate of drug-likeness (QED) is 0.791. The maximum Gasteiger partial charge on any atom is 0.254 e. The molecule has 0 unspecified atom stereocenters. The summed E-state index contributed by atoms with van der Waals surface area (Å²) in [7, 11) is 0. The van der Waals surface area contributed by atoms with Gasteiger partial charge in [-0.25, -0.2) is 9.97 Å². The fourth-order valence-electron chi connectivity index (χ4n) is 3.93. The molecule has 2 fully saturated rings. The molecule has 7 heteroatoms. The molecule has 4 rings (SSSR count). The van der Waals surface area contributed by atoms with Crippen molar-refractivity contribution in [1.29, 1.82) is 0 Å². The summed E-state index contributed by atoms with van der Waals surface area (Å²) in [6.07, 6.45) is 3.75. The first-order valence-electron chi connectivity index (χ1n) is 10.0. The van der Waals surface area contributed by atoms with Gasteiger partial charge in [-0.2, -0.15) is 0 Å². The summed E-state index contributed by atoms with van der Waals surface area (Å²) in [5, 5.41) is 0.589. The summed E-state index contributed by atoms with van der Waals surface area (Å²) in [6.45, 7) is 6.97. The van der Waals surface area contributed by atoms with Crippen molar-refractivity contribution in [2.75, 3.05) is 49.1 Å². The highest BCUT2D eigenvalue weighted by Crippen LogP contribution is 2.23. The van der Waals surface area contributed by atoms with E-state index in [-0.39, 0.29) is 5.91 Å². The Morgan fingerprint density at radius 1 is 0.893 bits per heavy atom. The fourth-order valence-corrected chi connectivity index (χ4v) is 4.12. The standard InChI is InChI=1S/C21H26ClN5O/c1-16-23-19(25-8-3-2-4-9-25)15-20(24-16)26-10-12-27(13-11-26)21(28)17-6-5-7-18(22)14-17/h5-7,14-15H,2-4,8-13H2,1H3. The highest BCUT2D eigenvalue weighted by Gasteiger charge is 2.24. The number of rotatable bonds is 3. The Hall–Kier alpha value is -2.34. The molecule has 148 valence electrons. The molecular weight excluding hydrogens is 374 g/mol. The van der Waals surface area contributed by atoms with E-state index in [9.17, 15) is 4.79 Å². The predicted octanol–water partition coefficient (Wildman–Crippen LogP) is 3.39. The Bertz CT molecular complexity index is 844. The van der Waals surface area contributed by atoms with Gasteiger partial charge in [0, 0.05) is 55.9 Å². The molecule has 1 amide bonds. The number of anilines is 2. The number of halogens is 1. The highest BCUT2D eigenvalue weighted by molar-refractivity contribution is 6.30. The second-order valence-electron chi connectivity index (χ2n) is 7.47. The number of carbonyl (C=O) groups excluding carboxylic acids is 1. The van der Waals surface area contributed by atoms with Crippen molar-refractivity contribution in [1.82, 2.24) is 14.9 Å². The molecule has 0 bridgehead atoms. The van der Waals surface area contributed by atoms with E-state index >= 15 is 0 Å². The van der Waals surface area contributed by atoms with Crippen LogP contribution in [0.25, 0.3) is 0 Å². The van der Waals surface area contributed by atoms with Crippen molar-refractivity contribution in [3.63, 3.8) is 0 Å². The summed E-state index contributed by atoms with van der Waals surface area (Å²) in [6, 6.07) is 9.26. The maximum atomic E-state index is 12.7. The summed E-state index contributed by atoms with van der Waals surface area (Å²) in [4.78, 5) is 28.5. The highest BCUT2D eigenvalue weighted by atomic mass is 35.5. The minimum absolute atomic E-state index is 0.0371. The van der Waals surface area contributed by atoms with E-state index in [0.717, 1.165) is 43.6 Å².